The van der Waals surface area contributed by atoms with Crippen LogP contribution < -0.4 is 37.5 Å². The number of carbonyl (C=O) groups is 9. The molecule has 412 valence electrons. The Kier molecular flexibility index (Phi) is 17.4. The van der Waals surface area contributed by atoms with Gasteiger partial charge in [0.1, 0.15) is 31.3 Å². The second-order valence-corrected chi connectivity index (χ2v) is 19.0. The average Bonchev–Trinajstić information content (AvgIpc) is 4.15. The summed E-state index contributed by atoms with van der Waals surface area (Å²) in [4.78, 5) is 133. The quantitative estimate of drug-likeness (QED) is 0.0198. The van der Waals surface area contributed by atoms with Gasteiger partial charge in [-0.3, -0.25) is 43.3 Å². The Labute approximate surface area is 444 Å². The van der Waals surface area contributed by atoms with E-state index in [2.05, 4.69) is 31.9 Å². The van der Waals surface area contributed by atoms with Crippen molar-refractivity contribution in [1.29, 1.82) is 0 Å². The number of fused-ring (bicyclic) bond motifs is 5. The highest BCUT2D eigenvalue weighted by molar-refractivity contribution is 6.12. The highest BCUT2D eigenvalue weighted by Gasteiger charge is 2.46. The van der Waals surface area contributed by atoms with Gasteiger partial charge < -0.3 is 60.5 Å². The average molecular weight is 1080 g/mol. The normalized spacial score (nSPS) is 17.5. The van der Waals surface area contributed by atoms with Crippen molar-refractivity contribution in [2.75, 3.05) is 52.7 Å². The minimum Gasteiger partial charge on any atom is -0.458 e. The van der Waals surface area contributed by atoms with E-state index >= 15 is 4.39 Å². The first-order valence-corrected chi connectivity index (χ1v) is 25.3. The lowest BCUT2D eigenvalue weighted by Gasteiger charge is -2.31. The van der Waals surface area contributed by atoms with E-state index in [9.17, 15) is 53.1 Å². The van der Waals surface area contributed by atoms with Crippen LogP contribution in [0, 0.1) is 12.7 Å². The van der Waals surface area contributed by atoms with Gasteiger partial charge in [0, 0.05) is 47.6 Å². The van der Waals surface area contributed by atoms with Crippen molar-refractivity contribution >= 4 is 64.3 Å². The van der Waals surface area contributed by atoms with Crippen molar-refractivity contribution in [1.82, 2.24) is 46.4 Å². The minimum atomic E-state index is -2.05. The number of nitrogens with zero attached hydrogens (tertiary/aromatic N) is 3. The number of ether oxygens (including phenoxy) is 4. The molecule has 2 aromatic heterocycles. The Bertz CT molecular complexity index is 3170. The van der Waals surface area contributed by atoms with Crippen molar-refractivity contribution in [2.24, 2.45) is 0 Å². The zero-order valence-corrected chi connectivity index (χ0v) is 42.9. The van der Waals surface area contributed by atoms with Crippen LogP contribution in [-0.4, -0.2) is 138 Å². The number of hydrogen-bond acceptors (Lipinski definition) is 16. The third-order valence-electron chi connectivity index (χ3n) is 13.8. The summed E-state index contributed by atoms with van der Waals surface area (Å²) in [6, 6.07) is 9.77. The van der Waals surface area contributed by atoms with Gasteiger partial charge in [-0.1, -0.05) is 37.3 Å². The summed E-state index contributed by atoms with van der Waals surface area (Å²) >= 11 is 0. The number of alkyl carbamates (subject to hydrolysis) is 1. The van der Waals surface area contributed by atoms with Crippen LogP contribution in [0.3, 0.4) is 0 Å². The standard InChI is InChI=1S/C53H58FN9O15/c1-4-53(74)34-19-39-48-32(24-63(39)50(71)33(34)26-77-51(53)72)47-36(11-10-31-29(3)35(54)20-37(60-48)46(31)47)61-52(73)78-28(2)25-76-27-58-42(66)22-57-49(70)38(18-30-8-6-5-7-9-30)59-43(67)23-56-41(65)21-55-40(64)14-16-75-17-15-62-44(68)12-13-45(62)69/h5-9,12-13,19-20,28,36,38,74H,4,10-11,14-18,21-27H2,1-3H3,(H,55,64)(H,56,65)(H,57,70)(H,58,66)(H,59,67)(H,61,73)/t28-,36-,38-,53-/m0/s1. The number of benzene rings is 2. The number of hydrogen-bond donors (Lipinski definition) is 7. The number of cyclic esters (lactones) is 1. The number of imide groups is 1. The minimum absolute atomic E-state index is 0.0199. The topological polar surface area (TPSA) is 321 Å². The van der Waals surface area contributed by atoms with E-state index in [1.807, 2.05) is 0 Å². The van der Waals surface area contributed by atoms with Crippen LogP contribution in [0.5, 0.6) is 0 Å². The number of esters is 1. The maximum Gasteiger partial charge on any atom is 0.407 e. The van der Waals surface area contributed by atoms with Crippen LogP contribution in [0.15, 0.2) is 59.4 Å². The summed E-state index contributed by atoms with van der Waals surface area (Å²) in [5.74, 6) is -5.54. The lowest BCUT2D eigenvalue weighted by Crippen LogP contribution is -2.52. The fourth-order valence-electron chi connectivity index (χ4n) is 9.69. The maximum atomic E-state index is 15.4. The number of aromatic nitrogens is 2. The summed E-state index contributed by atoms with van der Waals surface area (Å²) in [6.07, 6.45) is 1.28. The van der Waals surface area contributed by atoms with Crippen LogP contribution in [0.25, 0.3) is 22.3 Å². The molecule has 3 aliphatic heterocycles. The predicted molar refractivity (Wildman–Crippen MR) is 271 cm³/mol. The van der Waals surface area contributed by atoms with Crippen LogP contribution in [0.1, 0.15) is 78.1 Å². The van der Waals surface area contributed by atoms with Gasteiger partial charge in [0.15, 0.2) is 5.60 Å². The first-order chi connectivity index (χ1) is 37.4. The lowest BCUT2D eigenvalue weighted by molar-refractivity contribution is -0.172. The second-order valence-electron chi connectivity index (χ2n) is 19.0. The third kappa shape index (κ3) is 12.4. The van der Waals surface area contributed by atoms with Crippen LogP contribution >= 0.6 is 0 Å². The fourth-order valence-corrected chi connectivity index (χ4v) is 9.69. The number of carbonyl (C=O) groups excluding carboxylic acids is 9. The molecule has 0 unspecified atom stereocenters. The Morgan fingerprint density at radius 1 is 0.885 bits per heavy atom. The van der Waals surface area contributed by atoms with Crippen LogP contribution in [0.2, 0.25) is 0 Å². The molecule has 4 aromatic rings. The Balaban J connectivity index is 0.783. The molecule has 8 amide bonds. The number of aliphatic hydroxyl groups is 1. The molecule has 2 aromatic carbocycles. The molecule has 25 heteroatoms. The molecule has 24 nitrogen and oxygen atoms in total. The monoisotopic (exact) mass is 1080 g/mol. The van der Waals surface area contributed by atoms with E-state index in [4.69, 9.17) is 23.9 Å². The molecule has 0 bridgehead atoms. The molecular weight excluding hydrogens is 1020 g/mol. The SMILES string of the molecule is CC[C@@]1(O)C(=O)OCc2c1cc1n(c2=O)Cc2c-1nc1cc(F)c(C)c3c1c2[C@@H](NC(=O)O[C@@H](C)COCNC(=O)CNC(=O)[C@H](Cc1ccccc1)NC(=O)CNC(=O)CNC(=O)CCOCCN1C(=O)C=CC1=O)CC3. The van der Waals surface area contributed by atoms with Gasteiger partial charge in [-0.05, 0) is 61.4 Å². The van der Waals surface area contributed by atoms with E-state index in [1.54, 1.807) is 57.2 Å². The van der Waals surface area contributed by atoms with Crippen molar-refractivity contribution in [2.45, 2.75) is 89.8 Å². The van der Waals surface area contributed by atoms with Crippen LogP contribution in [-0.2, 0) is 88.9 Å². The smallest absolute Gasteiger partial charge is 0.407 e. The highest BCUT2D eigenvalue weighted by Crippen LogP contribution is 2.46. The molecule has 78 heavy (non-hydrogen) atoms. The summed E-state index contributed by atoms with van der Waals surface area (Å²) in [7, 11) is 0. The maximum absolute atomic E-state index is 15.4. The van der Waals surface area contributed by atoms with Crippen molar-refractivity contribution < 1.29 is 71.6 Å². The van der Waals surface area contributed by atoms with Gasteiger partial charge in [0.2, 0.25) is 29.5 Å². The zero-order valence-electron chi connectivity index (χ0n) is 42.9. The molecule has 4 aliphatic rings. The third-order valence-corrected chi connectivity index (χ3v) is 13.8. The summed E-state index contributed by atoms with van der Waals surface area (Å²) in [5.41, 5.74) is 1.80. The van der Waals surface area contributed by atoms with Gasteiger partial charge in [-0.25, -0.2) is 19.0 Å². The van der Waals surface area contributed by atoms with Crippen molar-refractivity contribution in [3.63, 3.8) is 0 Å². The lowest BCUT2D eigenvalue weighted by atomic mass is 9.81. The molecule has 0 saturated carbocycles. The molecule has 4 atom stereocenters. The number of rotatable bonds is 23. The molecule has 5 heterocycles. The molecule has 0 radical (unpaired) electrons. The first kappa shape index (κ1) is 55.8. The summed E-state index contributed by atoms with van der Waals surface area (Å²) in [6.45, 7) is 2.59. The number of nitrogens with one attached hydrogen (secondary N) is 6. The number of aryl methyl sites for hydroxylation is 1. The van der Waals surface area contributed by atoms with E-state index in [0.29, 0.717) is 57.4 Å². The van der Waals surface area contributed by atoms with Crippen molar-refractivity contribution in [3.8, 4) is 11.4 Å². The summed E-state index contributed by atoms with van der Waals surface area (Å²) in [5, 5.41) is 27.2. The Hall–Kier alpha value is -8.42. The van der Waals surface area contributed by atoms with Gasteiger partial charge in [0.05, 0.1) is 81.1 Å². The zero-order chi connectivity index (χ0) is 55.8. The molecule has 0 saturated heterocycles. The largest absolute Gasteiger partial charge is 0.458 e. The van der Waals surface area contributed by atoms with Gasteiger partial charge in [-0.15, -0.1) is 0 Å². The molecule has 0 spiro atoms. The summed E-state index contributed by atoms with van der Waals surface area (Å²) < 4.78 is 38.5. The fraction of sp³-hybridized carbons (Fsp3) is 0.415. The number of amides is 8. The van der Waals surface area contributed by atoms with Gasteiger partial charge in [0.25, 0.3) is 17.4 Å². The number of pyridine rings is 2. The van der Waals surface area contributed by atoms with E-state index in [-0.39, 0.29) is 76.6 Å². The predicted octanol–water partition coefficient (Wildman–Crippen LogP) is 0.127. The number of halogens is 1. The molecule has 1 aliphatic carbocycles. The van der Waals surface area contributed by atoms with E-state index in [1.165, 1.54) is 10.6 Å². The Morgan fingerprint density at radius 3 is 2.33 bits per heavy atom. The van der Waals surface area contributed by atoms with Crippen LogP contribution in [0.4, 0.5) is 9.18 Å². The molecule has 0 fully saturated rings. The van der Waals surface area contributed by atoms with Gasteiger partial charge in [-0.2, -0.15) is 0 Å². The molecular formula is C53H58FN9O15. The van der Waals surface area contributed by atoms with Gasteiger partial charge >= 0.3 is 12.1 Å². The Morgan fingerprint density at radius 2 is 1.59 bits per heavy atom. The molecule has 8 rings (SSSR count). The highest BCUT2D eigenvalue weighted by atomic mass is 19.1. The second kappa shape index (κ2) is 24.3. The first-order valence-electron chi connectivity index (χ1n) is 25.3. The van der Waals surface area contributed by atoms with Crippen molar-refractivity contribution in [3.05, 3.63) is 110 Å². The van der Waals surface area contributed by atoms with E-state index in [0.717, 1.165) is 22.6 Å². The van der Waals surface area contributed by atoms with E-state index < -0.39 is 108 Å². The molecule has 7 N–H and O–H groups in total.